The molecule has 11 aromatic rings. The van der Waals surface area contributed by atoms with Crippen LogP contribution in [0.15, 0.2) is 176 Å². The summed E-state index contributed by atoms with van der Waals surface area (Å²) in [7, 11) is 0. The third kappa shape index (κ3) is 4.45. The Kier molecular flexibility index (Phi) is 6.42. The fourth-order valence-corrected chi connectivity index (χ4v) is 9.12. The Morgan fingerprint density at radius 1 is 0.404 bits per heavy atom. The van der Waals surface area contributed by atoms with Crippen LogP contribution >= 0.6 is 11.3 Å². The van der Waals surface area contributed by atoms with Crippen molar-refractivity contribution in [3.8, 4) is 39.5 Å². The van der Waals surface area contributed by atoms with E-state index in [2.05, 4.69) is 180 Å². The van der Waals surface area contributed by atoms with Crippen LogP contribution in [-0.4, -0.2) is 14.5 Å². The predicted octanol–water partition coefficient (Wildman–Crippen LogP) is 13.2. The van der Waals surface area contributed by atoms with E-state index < -0.39 is 0 Å². The Morgan fingerprint density at radius 3 is 2.00 bits per heavy atom. The van der Waals surface area contributed by atoms with Gasteiger partial charge in [-0.05, 0) is 76.5 Å². The standard InChI is InChI=1S/C48H29N3S/c1-3-13-31(14-4-1)46-38-24-27-43-45(37-20-9-10-21-42(37)52-43)47(38)50-48(49-46)34-16-11-15-32(28-34)33-23-25-40-39(29-33)44-36-19-8-7-12-30(36)22-26-41(44)51(40)35-17-5-2-6-18-35/h1-29H. The zero-order valence-electron chi connectivity index (χ0n) is 28.0. The van der Waals surface area contributed by atoms with Crippen molar-refractivity contribution in [2.75, 3.05) is 0 Å². The molecule has 0 aliphatic carbocycles. The van der Waals surface area contributed by atoms with E-state index in [0.29, 0.717) is 0 Å². The number of thiophene rings is 1. The SMILES string of the molecule is c1ccc(-c2nc(-c3cccc(-c4ccc5c(c4)c4c6ccccc6ccc4n5-c4ccccc4)c3)nc3c2ccc2sc4ccccc4c23)cc1. The minimum absolute atomic E-state index is 0.726. The van der Waals surface area contributed by atoms with Crippen LogP contribution in [0.4, 0.5) is 0 Å². The Bertz CT molecular complexity index is 3180. The second-order valence-electron chi connectivity index (χ2n) is 13.4. The first kappa shape index (κ1) is 29.1. The first-order valence-corrected chi connectivity index (χ1v) is 18.4. The summed E-state index contributed by atoms with van der Waals surface area (Å²) in [4.78, 5) is 10.7. The molecule has 0 atom stereocenters. The van der Waals surface area contributed by atoms with Crippen LogP contribution in [0, 0.1) is 0 Å². The molecule has 0 fully saturated rings. The molecule has 0 bridgehead atoms. The average Bonchev–Trinajstić information content (AvgIpc) is 3.77. The molecule has 0 aliphatic rings. The van der Waals surface area contributed by atoms with Crippen LogP contribution in [0.25, 0.3) is 103 Å². The molecule has 0 amide bonds. The van der Waals surface area contributed by atoms with E-state index in [9.17, 15) is 0 Å². The third-order valence-corrected chi connectivity index (χ3v) is 11.5. The maximum absolute atomic E-state index is 5.37. The van der Waals surface area contributed by atoms with Gasteiger partial charge in [-0.2, -0.15) is 0 Å². The zero-order chi connectivity index (χ0) is 34.2. The van der Waals surface area contributed by atoms with Gasteiger partial charge < -0.3 is 4.57 Å². The molecule has 0 spiro atoms. The van der Waals surface area contributed by atoms with E-state index >= 15 is 0 Å². The van der Waals surface area contributed by atoms with Gasteiger partial charge in [-0.25, -0.2) is 9.97 Å². The van der Waals surface area contributed by atoms with Gasteiger partial charge in [-0.15, -0.1) is 11.3 Å². The quantitative estimate of drug-likeness (QED) is 0.185. The second kappa shape index (κ2) is 11.5. The maximum atomic E-state index is 5.37. The summed E-state index contributed by atoms with van der Waals surface area (Å²) in [6.45, 7) is 0. The van der Waals surface area contributed by atoms with Crippen molar-refractivity contribution in [1.82, 2.24) is 14.5 Å². The number of para-hydroxylation sites is 1. The van der Waals surface area contributed by atoms with Crippen molar-refractivity contribution in [2.45, 2.75) is 0 Å². The molecule has 0 N–H and O–H groups in total. The second-order valence-corrected chi connectivity index (χ2v) is 14.4. The van der Waals surface area contributed by atoms with E-state index in [0.717, 1.165) is 50.4 Å². The number of benzene rings is 8. The lowest BCUT2D eigenvalue weighted by Gasteiger charge is -2.12. The molecule has 3 aromatic heterocycles. The summed E-state index contributed by atoms with van der Waals surface area (Å²) in [5.41, 5.74) is 9.85. The molecule has 242 valence electrons. The molecular formula is C48H29N3S. The van der Waals surface area contributed by atoms with Crippen LogP contribution in [-0.2, 0) is 0 Å². The first-order chi connectivity index (χ1) is 25.8. The summed E-state index contributed by atoms with van der Waals surface area (Å²) >= 11 is 1.82. The fourth-order valence-electron chi connectivity index (χ4n) is 8.01. The summed E-state index contributed by atoms with van der Waals surface area (Å²) in [6, 6.07) is 63.0. The number of fused-ring (bicyclic) bond motifs is 10. The molecule has 3 heterocycles. The van der Waals surface area contributed by atoms with Crippen molar-refractivity contribution in [3.63, 3.8) is 0 Å². The molecule has 11 rings (SSSR count). The van der Waals surface area contributed by atoms with E-state index in [-0.39, 0.29) is 0 Å². The lowest BCUT2D eigenvalue weighted by Crippen LogP contribution is -1.96. The van der Waals surface area contributed by atoms with Gasteiger partial charge in [0.25, 0.3) is 0 Å². The molecule has 0 saturated heterocycles. The van der Waals surface area contributed by atoms with Gasteiger partial charge >= 0.3 is 0 Å². The lowest BCUT2D eigenvalue weighted by molar-refractivity contribution is 1.18. The molecule has 8 aromatic carbocycles. The molecule has 3 nitrogen and oxygen atoms in total. The minimum atomic E-state index is 0.726. The molecule has 0 aliphatic heterocycles. The van der Waals surface area contributed by atoms with E-state index in [4.69, 9.17) is 9.97 Å². The van der Waals surface area contributed by atoms with Crippen molar-refractivity contribution >= 4 is 75.0 Å². The average molecular weight is 680 g/mol. The van der Waals surface area contributed by atoms with E-state index in [1.165, 1.54) is 52.8 Å². The number of nitrogens with zero attached hydrogens (tertiary/aromatic N) is 3. The van der Waals surface area contributed by atoms with Crippen molar-refractivity contribution in [1.29, 1.82) is 0 Å². The van der Waals surface area contributed by atoms with Gasteiger partial charge in [-0.3, -0.25) is 0 Å². The van der Waals surface area contributed by atoms with E-state index in [1.807, 2.05) is 11.3 Å². The number of hydrogen-bond acceptors (Lipinski definition) is 3. The van der Waals surface area contributed by atoms with Crippen LogP contribution in [0.5, 0.6) is 0 Å². The topological polar surface area (TPSA) is 30.7 Å². The zero-order valence-corrected chi connectivity index (χ0v) is 28.8. The Hall–Kier alpha value is -6.62. The minimum Gasteiger partial charge on any atom is -0.309 e. The number of rotatable bonds is 4. The fraction of sp³-hybridized carbons (Fsp3) is 0. The molecule has 0 radical (unpaired) electrons. The summed E-state index contributed by atoms with van der Waals surface area (Å²) in [5, 5.41) is 8.50. The third-order valence-electron chi connectivity index (χ3n) is 10.4. The van der Waals surface area contributed by atoms with Gasteiger partial charge in [0.1, 0.15) is 0 Å². The lowest BCUT2D eigenvalue weighted by atomic mass is 9.98. The molecular weight excluding hydrogens is 651 g/mol. The van der Waals surface area contributed by atoms with Gasteiger partial charge in [0.15, 0.2) is 5.82 Å². The van der Waals surface area contributed by atoms with Crippen molar-refractivity contribution in [2.24, 2.45) is 0 Å². The van der Waals surface area contributed by atoms with Crippen LogP contribution in [0.3, 0.4) is 0 Å². The Morgan fingerprint density at radius 2 is 1.12 bits per heavy atom. The maximum Gasteiger partial charge on any atom is 0.160 e. The normalized spacial score (nSPS) is 11.8. The molecule has 4 heteroatoms. The summed E-state index contributed by atoms with van der Waals surface area (Å²) < 4.78 is 4.90. The van der Waals surface area contributed by atoms with Crippen LogP contribution in [0.1, 0.15) is 0 Å². The van der Waals surface area contributed by atoms with Crippen LogP contribution in [0.2, 0.25) is 0 Å². The highest BCUT2D eigenvalue weighted by Gasteiger charge is 2.19. The van der Waals surface area contributed by atoms with Gasteiger partial charge in [0.05, 0.1) is 22.2 Å². The number of hydrogen-bond donors (Lipinski definition) is 0. The van der Waals surface area contributed by atoms with Gasteiger partial charge in [0.2, 0.25) is 0 Å². The molecule has 52 heavy (non-hydrogen) atoms. The first-order valence-electron chi connectivity index (χ1n) is 17.6. The monoisotopic (exact) mass is 679 g/mol. The van der Waals surface area contributed by atoms with E-state index in [1.54, 1.807) is 0 Å². The molecule has 0 saturated carbocycles. The number of aromatic nitrogens is 3. The highest BCUT2D eigenvalue weighted by atomic mass is 32.1. The Balaban J connectivity index is 1.14. The van der Waals surface area contributed by atoms with Crippen LogP contribution < -0.4 is 0 Å². The van der Waals surface area contributed by atoms with Gasteiger partial charge in [0, 0.05) is 53.1 Å². The van der Waals surface area contributed by atoms with Gasteiger partial charge in [-0.1, -0.05) is 121 Å². The Labute approximate surface area is 303 Å². The van der Waals surface area contributed by atoms with Crippen molar-refractivity contribution < 1.29 is 0 Å². The predicted molar refractivity (Wildman–Crippen MR) is 221 cm³/mol. The highest BCUT2D eigenvalue weighted by molar-refractivity contribution is 7.26. The highest BCUT2D eigenvalue weighted by Crippen LogP contribution is 2.42. The van der Waals surface area contributed by atoms with Crippen molar-refractivity contribution in [3.05, 3.63) is 176 Å². The molecule has 0 unspecified atom stereocenters. The summed E-state index contributed by atoms with van der Waals surface area (Å²) in [5.74, 6) is 0.726. The largest absolute Gasteiger partial charge is 0.309 e. The summed E-state index contributed by atoms with van der Waals surface area (Å²) in [6.07, 6.45) is 0. The smallest absolute Gasteiger partial charge is 0.160 e.